The first kappa shape index (κ1) is 19.3. The number of amides is 1. The van der Waals surface area contributed by atoms with Gasteiger partial charge in [0.2, 0.25) is 0 Å². The lowest BCUT2D eigenvalue weighted by atomic mass is 10.1. The fraction of sp³-hybridized carbons (Fsp3) is 0.261. The van der Waals surface area contributed by atoms with Gasteiger partial charge in [0.1, 0.15) is 11.6 Å². The third kappa shape index (κ3) is 3.44. The van der Waals surface area contributed by atoms with E-state index < -0.39 is 0 Å². The molecule has 158 valence electrons. The maximum absolute atomic E-state index is 11.9. The van der Waals surface area contributed by atoms with Crippen LogP contribution in [-0.4, -0.2) is 38.7 Å². The second kappa shape index (κ2) is 7.88. The van der Waals surface area contributed by atoms with Gasteiger partial charge in [0.15, 0.2) is 0 Å². The van der Waals surface area contributed by atoms with Gasteiger partial charge in [-0.3, -0.25) is 10.2 Å². The van der Waals surface area contributed by atoms with Gasteiger partial charge in [-0.25, -0.2) is 15.5 Å². The number of piperidine rings is 1. The van der Waals surface area contributed by atoms with E-state index in [9.17, 15) is 4.79 Å². The third-order valence-electron chi connectivity index (χ3n) is 5.80. The van der Waals surface area contributed by atoms with Crippen molar-refractivity contribution in [3.8, 4) is 17.1 Å². The first-order chi connectivity index (χ1) is 15.2. The topological polar surface area (TPSA) is 105 Å². The molecule has 8 heteroatoms. The molecule has 0 saturated carbocycles. The van der Waals surface area contributed by atoms with Gasteiger partial charge in [-0.05, 0) is 56.5 Å². The predicted octanol–water partition coefficient (Wildman–Crippen LogP) is 3.32. The van der Waals surface area contributed by atoms with Crippen LogP contribution in [0.3, 0.4) is 0 Å². The minimum atomic E-state index is -0.333. The SMILES string of the molecule is Cc1nn(-c2ccccc2)c(N2CCCCC2)c1-c1nc2ccc(C(=O)NN)cc2[nH]1. The number of imidazole rings is 1. The molecule has 1 saturated heterocycles. The van der Waals surface area contributed by atoms with E-state index >= 15 is 0 Å². The zero-order valence-corrected chi connectivity index (χ0v) is 17.4. The highest BCUT2D eigenvalue weighted by molar-refractivity contribution is 5.97. The smallest absolute Gasteiger partial charge is 0.265 e. The molecule has 0 spiro atoms. The second-order valence-corrected chi connectivity index (χ2v) is 7.87. The van der Waals surface area contributed by atoms with Crippen LogP contribution < -0.4 is 16.2 Å². The number of anilines is 1. The third-order valence-corrected chi connectivity index (χ3v) is 5.80. The lowest BCUT2D eigenvalue weighted by Crippen LogP contribution is -2.31. The Morgan fingerprint density at radius 3 is 2.61 bits per heavy atom. The Morgan fingerprint density at radius 2 is 1.87 bits per heavy atom. The molecule has 5 rings (SSSR count). The fourth-order valence-corrected chi connectivity index (χ4v) is 4.29. The summed E-state index contributed by atoms with van der Waals surface area (Å²) in [4.78, 5) is 22.6. The van der Waals surface area contributed by atoms with Crippen LogP contribution in [0.25, 0.3) is 28.1 Å². The molecule has 0 atom stereocenters. The summed E-state index contributed by atoms with van der Waals surface area (Å²) in [6.07, 6.45) is 3.58. The van der Waals surface area contributed by atoms with E-state index in [0.29, 0.717) is 5.56 Å². The molecule has 1 amide bonds. The summed E-state index contributed by atoms with van der Waals surface area (Å²) < 4.78 is 2.02. The Hall–Kier alpha value is -3.65. The molecule has 3 heterocycles. The standard InChI is InChI=1S/C23H25N7O/c1-15-20(21-25-18-11-10-16(22(31)27-24)14-19(18)26-21)23(29-12-6-3-7-13-29)30(28-15)17-8-4-2-5-9-17/h2,4-5,8-11,14H,3,6-7,12-13,24H2,1H3,(H,25,26)(H,27,31). The van der Waals surface area contributed by atoms with Crippen LogP contribution in [0.15, 0.2) is 48.5 Å². The number of H-pyrrole nitrogens is 1. The zero-order chi connectivity index (χ0) is 21.4. The summed E-state index contributed by atoms with van der Waals surface area (Å²) in [6.45, 7) is 4.00. The Labute approximate surface area is 180 Å². The van der Waals surface area contributed by atoms with E-state index in [4.69, 9.17) is 15.9 Å². The van der Waals surface area contributed by atoms with E-state index in [1.54, 1.807) is 12.1 Å². The average molecular weight is 416 g/mol. The number of aromatic nitrogens is 4. The Kier molecular flexibility index (Phi) is 4.91. The monoisotopic (exact) mass is 415 g/mol. The minimum absolute atomic E-state index is 0.333. The number of nitrogens with zero attached hydrogens (tertiary/aromatic N) is 4. The van der Waals surface area contributed by atoms with E-state index in [1.807, 2.05) is 35.9 Å². The predicted molar refractivity (Wildman–Crippen MR) is 121 cm³/mol. The summed E-state index contributed by atoms with van der Waals surface area (Å²) in [7, 11) is 0. The molecular weight excluding hydrogens is 390 g/mol. The number of hydrogen-bond donors (Lipinski definition) is 3. The summed E-state index contributed by atoms with van der Waals surface area (Å²) >= 11 is 0. The molecule has 1 aliphatic rings. The van der Waals surface area contributed by atoms with Crippen LogP contribution in [0.4, 0.5) is 5.82 Å². The molecule has 2 aromatic carbocycles. The molecule has 1 fully saturated rings. The molecule has 2 aromatic heterocycles. The van der Waals surface area contributed by atoms with Gasteiger partial charge in [0.05, 0.1) is 28.0 Å². The molecular formula is C23H25N7O. The van der Waals surface area contributed by atoms with Gasteiger partial charge in [0, 0.05) is 18.7 Å². The van der Waals surface area contributed by atoms with Crippen molar-refractivity contribution in [2.45, 2.75) is 26.2 Å². The van der Waals surface area contributed by atoms with E-state index in [1.165, 1.54) is 6.42 Å². The lowest BCUT2D eigenvalue weighted by Gasteiger charge is -2.30. The van der Waals surface area contributed by atoms with Crippen molar-refractivity contribution in [1.82, 2.24) is 25.2 Å². The van der Waals surface area contributed by atoms with Gasteiger partial charge >= 0.3 is 0 Å². The van der Waals surface area contributed by atoms with Gasteiger partial charge in [-0.2, -0.15) is 5.10 Å². The van der Waals surface area contributed by atoms with Crippen LogP contribution in [0.1, 0.15) is 35.3 Å². The maximum Gasteiger partial charge on any atom is 0.265 e. The van der Waals surface area contributed by atoms with E-state index in [2.05, 4.69) is 27.4 Å². The normalized spacial score (nSPS) is 14.2. The van der Waals surface area contributed by atoms with Crippen LogP contribution in [0.2, 0.25) is 0 Å². The highest BCUT2D eigenvalue weighted by Gasteiger charge is 2.26. The highest BCUT2D eigenvalue weighted by Crippen LogP contribution is 2.36. The van der Waals surface area contributed by atoms with Crippen molar-refractivity contribution in [2.24, 2.45) is 5.84 Å². The van der Waals surface area contributed by atoms with Gasteiger partial charge in [0.25, 0.3) is 5.91 Å². The van der Waals surface area contributed by atoms with Gasteiger partial charge < -0.3 is 9.88 Å². The number of carbonyl (C=O) groups is 1. The quantitative estimate of drug-likeness (QED) is 0.269. The summed E-state index contributed by atoms with van der Waals surface area (Å²) in [5, 5.41) is 4.90. The molecule has 0 unspecified atom stereocenters. The first-order valence-electron chi connectivity index (χ1n) is 10.6. The van der Waals surface area contributed by atoms with Crippen molar-refractivity contribution < 1.29 is 4.79 Å². The number of hydrazine groups is 1. The van der Waals surface area contributed by atoms with Crippen molar-refractivity contribution in [1.29, 1.82) is 0 Å². The van der Waals surface area contributed by atoms with Crippen molar-refractivity contribution >= 4 is 22.8 Å². The summed E-state index contributed by atoms with van der Waals surface area (Å²) in [5.74, 6) is 6.76. The Bertz CT molecular complexity index is 1240. The summed E-state index contributed by atoms with van der Waals surface area (Å²) in [5.41, 5.74) is 7.16. The van der Waals surface area contributed by atoms with Crippen LogP contribution in [0.5, 0.6) is 0 Å². The Balaban J connectivity index is 1.68. The highest BCUT2D eigenvalue weighted by atomic mass is 16.2. The average Bonchev–Trinajstić information content (AvgIpc) is 3.39. The number of carbonyl (C=O) groups excluding carboxylic acids is 1. The lowest BCUT2D eigenvalue weighted by molar-refractivity contribution is 0.0954. The van der Waals surface area contributed by atoms with Crippen molar-refractivity contribution in [3.05, 3.63) is 59.8 Å². The number of aryl methyl sites for hydroxylation is 1. The largest absolute Gasteiger partial charge is 0.356 e. The maximum atomic E-state index is 11.9. The molecule has 0 bridgehead atoms. The van der Waals surface area contributed by atoms with E-state index in [-0.39, 0.29) is 5.91 Å². The van der Waals surface area contributed by atoms with Gasteiger partial charge in [-0.15, -0.1) is 0 Å². The number of nitrogens with two attached hydrogens (primary N) is 1. The number of nitrogen functional groups attached to an aromatic ring is 1. The first-order valence-corrected chi connectivity index (χ1v) is 10.6. The minimum Gasteiger partial charge on any atom is -0.356 e. The molecule has 31 heavy (non-hydrogen) atoms. The van der Waals surface area contributed by atoms with E-state index in [0.717, 1.165) is 65.6 Å². The van der Waals surface area contributed by atoms with Crippen LogP contribution in [0, 0.1) is 6.92 Å². The van der Waals surface area contributed by atoms with Crippen molar-refractivity contribution in [3.63, 3.8) is 0 Å². The summed E-state index contributed by atoms with van der Waals surface area (Å²) in [6, 6.07) is 15.5. The molecule has 4 N–H and O–H groups in total. The number of aromatic amines is 1. The molecule has 8 nitrogen and oxygen atoms in total. The fourth-order valence-electron chi connectivity index (χ4n) is 4.29. The molecule has 4 aromatic rings. The molecule has 0 radical (unpaired) electrons. The second-order valence-electron chi connectivity index (χ2n) is 7.87. The number of para-hydroxylation sites is 1. The Morgan fingerprint density at radius 1 is 1.10 bits per heavy atom. The number of nitrogens with one attached hydrogen (secondary N) is 2. The van der Waals surface area contributed by atoms with Crippen molar-refractivity contribution in [2.75, 3.05) is 18.0 Å². The van der Waals surface area contributed by atoms with Crippen LogP contribution in [-0.2, 0) is 0 Å². The molecule has 1 aliphatic heterocycles. The van der Waals surface area contributed by atoms with Crippen LogP contribution >= 0.6 is 0 Å². The van der Waals surface area contributed by atoms with Gasteiger partial charge in [-0.1, -0.05) is 18.2 Å². The number of benzene rings is 2. The number of hydrogen-bond acceptors (Lipinski definition) is 5. The number of rotatable bonds is 4. The zero-order valence-electron chi connectivity index (χ0n) is 17.4. The molecule has 0 aliphatic carbocycles. The number of fused-ring (bicyclic) bond motifs is 1.